The van der Waals surface area contributed by atoms with E-state index in [4.69, 9.17) is 10.5 Å². The molecule has 17 heavy (non-hydrogen) atoms. The van der Waals surface area contributed by atoms with Crippen LogP contribution < -0.4 is 5.73 Å². The molecule has 0 radical (unpaired) electrons. The van der Waals surface area contributed by atoms with Crippen molar-refractivity contribution in [1.82, 2.24) is 0 Å². The van der Waals surface area contributed by atoms with Crippen LogP contribution in [0.4, 0.5) is 5.69 Å². The average Bonchev–Trinajstić information content (AvgIpc) is 2.24. The zero-order valence-corrected chi connectivity index (χ0v) is 9.69. The molecule has 0 unspecified atom stereocenters. The molecule has 4 nitrogen and oxygen atoms in total. The number of hydrogen-bond donors (Lipinski definition) is 1. The number of carbonyl (C=O) groups excluding carboxylic acids is 2. The van der Waals surface area contributed by atoms with Gasteiger partial charge in [-0.3, -0.25) is 9.59 Å². The predicted molar refractivity (Wildman–Crippen MR) is 63.8 cm³/mol. The number of nitrogen functional groups attached to an aromatic ring is 1. The highest BCUT2D eigenvalue weighted by atomic mass is 16.5. The Kier molecular flexibility index (Phi) is 2.71. The number of carbonyl (C=O) groups is 2. The van der Waals surface area contributed by atoms with Gasteiger partial charge in [0.15, 0.2) is 11.5 Å². The SMILES string of the molecule is CC(C)OC1=CC(=O)c2cccc(N)c2C1=O. The number of anilines is 1. The fourth-order valence-corrected chi connectivity index (χ4v) is 1.76. The van der Waals surface area contributed by atoms with Gasteiger partial charge in [-0.2, -0.15) is 0 Å². The summed E-state index contributed by atoms with van der Waals surface area (Å²) in [4.78, 5) is 23.9. The molecule has 0 bridgehead atoms. The van der Waals surface area contributed by atoms with Gasteiger partial charge in [0.05, 0.1) is 11.7 Å². The maximum Gasteiger partial charge on any atom is 0.230 e. The molecule has 0 aliphatic heterocycles. The third-order valence-corrected chi connectivity index (χ3v) is 2.44. The molecule has 2 rings (SSSR count). The van der Waals surface area contributed by atoms with Crippen LogP contribution in [-0.2, 0) is 4.74 Å². The lowest BCUT2D eigenvalue weighted by Gasteiger charge is -2.18. The Balaban J connectivity index is 2.51. The van der Waals surface area contributed by atoms with Gasteiger partial charge in [-0.15, -0.1) is 0 Å². The summed E-state index contributed by atoms with van der Waals surface area (Å²) in [5, 5.41) is 0. The molecule has 0 saturated carbocycles. The van der Waals surface area contributed by atoms with Crippen molar-refractivity contribution in [3.63, 3.8) is 0 Å². The second kappa shape index (κ2) is 4.05. The van der Waals surface area contributed by atoms with Crippen molar-refractivity contribution < 1.29 is 14.3 Å². The number of Topliss-reactive ketones (excluding diaryl/α,β-unsaturated/α-hetero) is 1. The molecule has 4 heteroatoms. The fraction of sp³-hybridized carbons (Fsp3) is 0.231. The van der Waals surface area contributed by atoms with Crippen LogP contribution >= 0.6 is 0 Å². The molecule has 0 aromatic heterocycles. The highest BCUT2D eigenvalue weighted by molar-refractivity contribution is 6.25. The van der Waals surface area contributed by atoms with Gasteiger partial charge in [-0.25, -0.2) is 0 Å². The van der Waals surface area contributed by atoms with Gasteiger partial charge in [0.25, 0.3) is 0 Å². The van der Waals surface area contributed by atoms with E-state index >= 15 is 0 Å². The summed E-state index contributed by atoms with van der Waals surface area (Å²) >= 11 is 0. The van der Waals surface area contributed by atoms with Gasteiger partial charge in [0, 0.05) is 17.3 Å². The van der Waals surface area contributed by atoms with Crippen LogP contribution in [0.15, 0.2) is 30.0 Å². The molecular weight excluding hydrogens is 218 g/mol. The predicted octanol–water partition coefficient (Wildman–Crippen LogP) is 1.96. The van der Waals surface area contributed by atoms with Gasteiger partial charge < -0.3 is 10.5 Å². The lowest BCUT2D eigenvalue weighted by Crippen LogP contribution is -2.22. The number of hydrogen-bond acceptors (Lipinski definition) is 4. The standard InChI is InChI=1S/C13H13NO3/c1-7(2)17-11-6-10(15)8-4-3-5-9(14)12(8)13(11)16/h3-7H,14H2,1-2H3. The van der Waals surface area contributed by atoms with Crippen molar-refractivity contribution in [3.8, 4) is 0 Å². The van der Waals surface area contributed by atoms with E-state index in [1.54, 1.807) is 32.0 Å². The van der Waals surface area contributed by atoms with Gasteiger partial charge in [-0.1, -0.05) is 12.1 Å². The van der Waals surface area contributed by atoms with E-state index in [1.807, 2.05) is 0 Å². The zero-order valence-electron chi connectivity index (χ0n) is 9.69. The van der Waals surface area contributed by atoms with Gasteiger partial charge in [0.2, 0.25) is 5.78 Å². The van der Waals surface area contributed by atoms with Crippen molar-refractivity contribution in [2.24, 2.45) is 0 Å². The minimum atomic E-state index is -0.327. The third kappa shape index (κ3) is 1.93. The summed E-state index contributed by atoms with van der Waals surface area (Å²) in [6, 6.07) is 4.85. The number of ketones is 2. The molecule has 1 aliphatic carbocycles. The number of allylic oxidation sites excluding steroid dienone is 2. The van der Waals surface area contributed by atoms with Crippen molar-refractivity contribution in [3.05, 3.63) is 41.2 Å². The molecule has 0 saturated heterocycles. The summed E-state index contributed by atoms with van der Waals surface area (Å²) in [5.41, 5.74) is 6.62. The summed E-state index contributed by atoms with van der Waals surface area (Å²) < 4.78 is 5.32. The Morgan fingerprint density at radius 1 is 1.24 bits per heavy atom. The summed E-state index contributed by atoms with van der Waals surface area (Å²) in [6.45, 7) is 3.59. The zero-order chi connectivity index (χ0) is 12.6. The third-order valence-electron chi connectivity index (χ3n) is 2.44. The lowest BCUT2D eigenvalue weighted by atomic mass is 9.92. The van der Waals surface area contributed by atoms with E-state index in [9.17, 15) is 9.59 Å². The topological polar surface area (TPSA) is 69.4 Å². The number of ether oxygens (including phenoxy) is 1. The minimum Gasteiger partial charge on any atom is -0.487 e. The first-order valence-corrected chi connectivity index (χ1v) is 5.36. The van der Waals surface area contributed by atoms with E-state index in [-0.39, 0.29) is 29.0 Å². The smallest absolute Gasteiger partial charge is 0.230 e. The molecule has 1 aliphatic rings. The molecule has 0 amide bonds. The van der Waals surface area contributed by atoms with Crippen LogP contribution in [0.5, 0.6) is 0 Å². The first kappa shape index (κ1) is 11.4. The van der Waals surface area contributed by atoms with Crippen LogP contribution in [0.25, 0.3) is 0 Å². The first-order valence-electron chi connectivity index (χ1n) is 5.36. The Labute approximate surface area is 99.1 Å². The maximum absolute atomic E-state index is 12.1. The van der Waals surface area contributed by atoms with Crippen LogP contribution in [0.3, 0.4) is 0 Å². The first-order chi connectivity index (χ1) is 8.00. The van der Waals surface area contributed by atoms with E-state index in [2.05, 4.69) is 0 Å². The van der Waals surface area contributed by atoms with Crippen molar-refractivity contribution in [2.45, 2.75) is 20.0 Å². The summed E-state index contributed by atoms with van der Waals surface area (Å²) in [7, 11) is 0. The Morgan fingerprint density at radius 3 is 2.59 bits per heavy atom. The average molecular weight is 231 g/mol. The largest absolute Gasteiger partial charge is 0.487 e. The Hall–Kier alpha value is -2.10. The number of benzene rings is 1. The quantitative estimate of drug-likeness (QED) is 0.790. The molecule has 1 aromatic carbocycles. The molecular formula is C13H13NO3. The Bertz CT molecular complexity index is 529. The minimum absolute atomic E-state index is 0.0652. The number of nitrogens with two attached hydrogens (primary N) is 1. The van der Waals surface area contributed by atoms with Crippen molar-refractivity contribution in [1.29, 1.82) is 0 Å². The highest BCUT2D eigenvalue weighted by Gasteiger charge is 2.28. The van der Waals surface area contributed by atoms with Crippen molar-refractivity contribution >= 4 is 17.3 Å². The number of fused-ring (bicyclic) bond motifs is 1. The van der Waals surface area contributed by atoms with E-state index < -0.39 is 0 Å². The number of rotatable bonds is 2. The second-order valence-corrected chi connectivity index (χ2v) is 4.14. The second-order valence-electron chi connectivity index (χ2n) is 4.14. The lowest BCUT2D eigenvalue weighted by molar-refractivity contribution is 0.0812. The van der Waals surface area contributed by atoms with Crippen molar-refractivity contribution in [2.75, 3.05) is 5.73 Å². The molecule has 0 atom stereocenters. The molecule has 2 N–H and O–H groups in total. The van der Waals surface area contributed by atoms with E-state index in [1.165, 1.54) is 6.08 Å². The van der Waals surface area contributed by atoms with Gasteiger partial charge in [-0.05, 0) is 19.9 Å². The normalized spacial score (nSPS) is 14.6. The summed E-state index contributed by atoms with van der Waals surface area (Å²) in [6.07, 6.45) is 1.06. The van der Waals surface area contributed by atoms with Gasteiger partial charge >= 0.3 is 0 Å². The molecule has 0 spiro atoms. The highest BCUT2D eigenvalue weighted by Crippen LogP contribution is 2.27. The maximum atomic E-state index is 12.1. The van der Waals surface area contributed by atoms with Crippen LogP contribution in [0.1, 0.15) is 34.6 Å². The van der Waals surface area contributed by atoms with E-state index in [0.29, 0.717) is 11.3 Å². The molecule has 0 heterocycles. The van der Waals surface area contributed by atoms with Gasteiger partial charge in [0.1, 0.15) is 0 Å². The van der Waals surface area contributed by atoms with Crippen LogP contribution in [0.2, 0.25) is 0 Å². The molecule has 1 aromatic rings. The molecule has 88 valence electrons. The van der Waals surface area contributed by atoms with E-state index in [0.717, 1.165) is 0 Å². The summed E-state index contributed by atoms with van der Waals surface area (Å²) in [5.74, 6) is -0.510. The Morgan fingerprint density at radius 2 is 1.94 bits per heavy atom. The van der Waals surface area contributed by atoms with Crippen LogP contribution in [0, 0.1) is 0 Å². The fourth-order valence-electron chi connectivity index (χ4n) is 1.76. The van der Waals surface area contributed by atoms with Crippen LogP contribution in [-0.4, -0.2) is 17.7 Å². The monoisotopic (exact) mass is 231 g/mol. The molecule has 0 fully saturated rings.